The molecule has 2 aliphatic rings. The summed E-state index contributed by atoms with van der Waals surface area (Å²) < 4.78 is 5.46. The van der Waals surface area contributed by atoms with Gasteiger partial charge in [-0.3, -0.25) is 9.59 Å². The maximum absolute atomic E-state index is 12.6. The highest BCUT2D eigenvalue weighted by Gasteiger charge is 2.29. The van der Waals surface area contributed by atoms with Crippen molar-refractivity contribution in [3.05, 3.63) is 23.2 Å². The Labute approximate surface area is 159 Å². The minimum absolute atomic E-state index is 0.0437. The van der Waals surface area contributed by atoms with Gasteiger partial charge in [0.2, 0.25) is 5.91 Å². The van der Waals surface area contributed by atoms with Gasteiger partial charge >= 0.3 is 5.97 Å². The number of carboxylic acids is 1. The molecule has 0 aromatic carbocycles. The molecule has 1 saturated carbocycles. The van der Waals surface area contributed by atoms with Crippen molar-refractivity contribution in [1.29, 1.82) is 0 Å². The predicted molar refractivity (Wildman–Crippen MR) is 98.7 cm³/mol. The normalized spacial score (nSPS) is 18.6. The highest BCUT2D eigenvalue weighted by atomic mass is 16.4. The molecule has 3 rings (SSSR count). The van der Waals surface area contributed by atoms with Crippen LogP contribution >= 0.6 is 0 Å². The van der Waals surface area contributed by atoms with E-state index < -0.39 is 5.97 Å². The van der Waals surface area contributed by atoms with Gasteiger partial charge in [-0.2, -0.15) is 0 Å². The Kier molecular flexibility index (Phi) is 6.19. The molecule has 1 aromatic heterocycles. The highest BCUT2D eigenvalue weighted by molar-refractivity contribution is 5.96. The fraction of sp³-hybridized carbons (Fsp3) is 0.650. The average molecular weight is 376 g/mol. The Bertz CT molecular complexity index is 697. The zero-order valence-corrected chi connectivity index (χ0v) is 15.9. The van der Waals surface area contributed by atoms with Crippen molar-refractivity contribution in [2.24, 2.45) is 5.92 Å². The van der Waals surface area contributed by atoms with Crippen LogP contribution in [0.25, 0.3) is 0 Å². The topological polar surface area (TPSA) is 91.1 Å². The van der Waals surface area contributed by atoms with Crippen LogP contribution in [0.5, 0.6) is 0 Å². The zero-order valence-electron chi connectivity index (χ0n) is 15.9. The van der Waals surface area contributed by atoms with Crippen LogP contribution in [0.4, 0.5) is 0 Å². The number of furan rings is 1. The summed E-state index contributed by atoms with van der Waals surface area (Å²) >= 11 is 0. The van der Waals surface area contributed by atoms with E-state index in [-0.39, 0.29) is 23.1 Å². The van der Waals surface area contributed by atoms with E-state index in [9.17, 15) is 19.5 Å². The molecule has 7 heteroatoms. The van der Waals surface area contributed by atoms with Gasteiger partial charge in [0.25, 0.3) is 5.91 Å². The van der Waals surface area contributed by atoms with E-state index in [2.05, 4.69) is 0 Å². The fourth-order valence-electron chi connectivity index (χ4n) is 4.06. The minimum atomic E-state index is -1.09. The van der Waals surface area contributed by atoms with E-state index in [1.165, 1.54) is 25.3 Å². The number of hydrogen-bond acceptors (Lipinski definition) is 4. The SMILES string of the molecule is CCc1oc(C(=O)N2CCN(C(=O)CC3CCCCC3)CC2)cc1C(=O)O. The molecular formula is C20H28N2O5. The van der Waals surface area contributed by atoms with Crippen LogP contribution in [0.15, 0.2) is 10.5 Å². The lowest BCUT2D eigenvalue weighted by Gasteiger charge is -2.35. The maximum atomic E-state index is 12.6. The fourth-order valence-corrected chi connectivity index (χ4v) is 4.06. The Morgan fingerprint density at radius 3 is 2.26 bits per heavy atom. The van der Waals surface area contributed by atoms with E-state index >= 15 is 0 Å². The van der Waals surface area contributed by atoms with Crippen molar-refractivity contribution in [2.75, 3.05) is 26.2 Å². The molecule has 0 radical (unpaired) electrons. The van der Waals surface area contributed by atoms with Crippen LogP contribution in [0.1, 0.15) is 72.1 Å². The summed E-state index contributed by atoms with van der Waals surface area (Å²) in [4.78, 5) is 39.9. The van der Waals surface area contributed by atoms with Crippen LogP contribution in [0, 0.1) is 5.92 Å². The van der Waals surface area contributed by atoms with Gasteiger partial charge in [0.15, 0.2) is 5.76 Å². The molecule has 0 atom stereocenters. The molecular weight excluding hydrogens is 348 g/mol. The summed E-state index contributed by atoms with van der Waals surface area (Å²) in [7, 11) is 0. The molecule has 1 aliphatic carbocycles. The Morgan fingerprint density at radius 2 is 1.70 bits per heavy atom. The summed E-state index contributed by atoms with van der Waals surface area (Å²) in [6, 6.07) is 1.31. The van der Waals surface area contributed by atoms with Crippen LogP contribution in [0.2, 0.25) is 0 Å². The van der Waals surface area contributed by atoms with Gasteiger partial charge in [-0.1, -0.05) is 26.2 Å². The number of aryl methyl sites for hydroxylation is 1. The van der Waals surface area contributed by atoms with E-state index in [4.69, 9.17) is 4.42 Å². The van der Waals surface area contributed by atoms with Crippen molar-refractivity contribution in [2.45, 2.75) is 51.9 Å². The Hall–Kier alpha value is -2.31. The predicted octanol–water partition coefficient (Wildman–Crippen LogP) is 2.80. The van der Waals surface area contributed by atoms with E-state index in [1.807, 2.05) is 4.90 Å². The van der Waals surface area contributed by atoms with Gasteiger partial charge in [-0.05, 0) is 18.8 Å². The maximum Gasteiger partial charge on any atom is 0.339 e. The van der Waals surface area contributed by atoms with Crippen LogP contribution < -0.4 is 0 Å². The smallest absolute Gasteiger partial charge is 0.339 e. The molecule has 1 saturated heterocycles. The monoisotopic (exact) mass is 376 g/mol. The lowest BCUT2D eigenvalue weighted by Crippen LogP contribution is -2.50. The van der Waals surface area contributed by atoms with Gasteiger partial charge in [0, 0.05) is 45.1 Å². The number of aromatic carboxylic acids is 1. The van der Waals surface area contributed by atoms with Gasteiger partial charge in [-0.25, -0.2) is 4.79 Å². The number of hydrogen-bond donors (Lipinski definition) is 1. The molecule has 1 N–H and O–H groups in total. The second-order valence-corrected chi connectivity index (χ2v) is 7.49. The van der Waals surface area contributed by atoms with Crippen molar-refractivity contribution in [3.8, 4) is 0 Å². The van der Waals surface area contributed by atoms with Gasteiger partial charge in [0.1, 0.15) is 11.3 Å². The van der Waals surface area contributed by atoms with E-state index in [0.717, 1.165) is 12.8 Å². The second kappa shape index (κ2) is 8.59. The first-order valence-corrected chi connectivity index (χ1v) is 9.92. The Balaban J connectivity index is 1.54. The van der Waals surface area contributed by atoms with Crippen LogP contribution in [-0.2, 0) is 11.2 Å². The first kappa shape index (κ1) is 19.5. The largest absolute Gasteiger partial charge is 0.478 e. The lowest BCUT2D eigenvalue weighted by molar-refractivity contribution is -0.133. The molecule has 148 valence electrons. The lowest BCUT2D eigenvalue weighted by atomic mass is 9.86. The molecule has 0 spiro atoms. The third kappa shape index (κ3) is 4.51. The molecule has 2 fully saturated rings. The summed E-state index contributed by atoms with van der Waals surface area (Å²) in [5, 5.41) is 9.20. The second-order valence-electron chi connectivity index (χ2n) is 7.49. The molecule has 0 bridgehead atoms. The zero-order chi connectivity index (χ0) is 19.4. The summed E-state index contributed by atoms with van der Waals surface area (Å²) in [6.45, 7) is 3.71. The number of carbonyl (C=O) groups is 3. The summed E-state index contributed by atoms with van der Waals surface area (Å²) in [5.41, 5.74) is 0.0437. The molecule has 0 unspecified atom stereocenters. The third-order valence-electron chi connectivity index (χ3n) is 5.68. The van der Waals surface area contributed by atoms with E-state index in [1.54, 1.807) is 11.8 Å². The van der Waals surface area contributed by atoms with Crippen molar-refractivity contribution < 1.29 is 23.9 Å². The first-order chi connectivity index (χ1) is 13.0. The Morgan fingerprint density at radius 1 is 1.07 bits per heavy atom. The number of amides is 2. The van der Waals surface area contributed by atoms with Crippen molar-refractivity contribution in [3.63, 3.8) is 0 Å². The molecule has 7 nitrogen and oxygen atoms in total. The molecule has 2 amide bonds. The molecule has 1 aromatic rings. The number of rotatable bonds is 5. The molecule has 1 aliphatic heterocycles. The number of carboxylic acid groups (broad SMARTS) is 1. The van der Waals surface area contributed by atoms with Crippen molar-refractivity contribution >= 4 is 17.8 Å². The number of carbonyl (C=O) groups excluding carboxylic acids is 2. The van der Waals surface area contributed by atoms with E-state index in [0.29, 0.717) is 50.7 Å². The summed E-state index contributed by atoms with van der Waals surface area (Å²) in [6.07, 6.45) is 7.06. The first-order valence-electron chi connectivity index (χ1n) is 9.92. The van der Waals surface area contributed by atoms with Crippen LogP contribution in [-0.4, -0.2) is 58.9 Å². The van der Waals surface area contributed by atoms with Crippen molar-refractivity contribution in [1.82, 2.24) is 9.80 Å². The number of piperazine rings is 1. The average Bonchev–Trinajstić information content (AvgIpc) is 3.13. The standard InChI is InChI=1S/C20H28N2O5/c1-2-16-15(20(25)26)13-17(27-16)19(24)22-10-8-21(9-11-22)18(23)12-14-6-4-3-5-7-14/h13-14H,2-12H2,1H3,(H,25,26). The van der Waals surface area contributed by atoms with Gasteiger partial charge in [-0.15, -0.1) is 0 Å². The highest BCUT2D eigenvalue weighted by Crippen LogP contribution is 2.27. The minimum Gasteiger partial charge on any atom is -0.478 e. The quantitative estimate of drug-likeness (QED) is 0.853. The number of nitrogens with zero attached hydrogens (tertiary/aromatic N) is 2. The third-order valence-corrected chi connectivity index (χ3v) is 5.68. The molecule has 2 heterocycles. The summed E-state index contributed by atoms with van der Waals surface area (Å²) in [5.74, 6) is -0.327. The van der Waals surface area contributed by atoms with Gasteiger partial charge in [0.05, 0.1) is 0 Å². The molecule has 27 heavy (non-hydrogen) atoms. The van der Waals surface area contributed by atoms with Crippen LogP contribution in [0.3, 0.4) is 0 Å². The van der Waals surface area contributed by atoms with Gasteiger partial charge < -0.3 is 19.3 Å².